The molecule has 0 saturated heterocycles. The van der Waals surface area contributed by atoms with Gasteiger partial charge in [-0.15, -0.1) is 0 Å². The maximum absolute atomic E-state index is 0. The van der Waals surface area contributed by atoms with E-state index in [2.05, 4.69) is 0 Å². The van der Waals surface area contributed by atoms with Crippen molar-refractivity contribution in [2.24, 2.45) is 0 Å². The van der Waals surface area contributed by atoms with Crippen molar-refractivity contribution in [3.05, 3.63) is 0 Å². The predicted molar refractivity (Wildman–Crippen MR) is 22.0 cm³/mol. The molecule has 0 heterocycles. The van der Waals surface area contributed by atoms with E-state index >= 15 is 0 Å². The third-order valence-electron chi connectivity index (χ3n) is 0. The Hall–Kier alpha value is 11.4. The molecule has 0 aliphatic heterocycles. The Labute approximate surface area is 547 Å². The van der Waals surface area contributed by atoms with Crippen molar-refractivity contribution in [2.45, 2.75) is 0 Å². The van der Waals surface area contributed by atoms with Crippen LogP contribution in [0.1, 0.15) is 0 Å². The molecule has 48 heavy (non-hydrogen) atoms. The van der Waals surface area contributed by atoms with Gasteiger partial charge in [0.1, 0.15) is 0 Å². The fourth-order valence-electron chi connectivity index (χ4n) is 0. The molecular weight excluding hydrogens is 1570 g/mol. The second kappa shape index (κ2) is 1470. The van der Waals surface area contributed by atoms with Crippen LogP contribution < -0.4 is 177 Å². The Morgan fingerprint density at radius 2 is 0.0833 bits per heavy atom. The van der Waals surface area contributed by atoms with Crippen LogP contribution in [0.25, 0.3) is 0 Å². The summed E-state index contributed by atoms with van der Waals surface area (Å²) in [5.74, 6) is 0. The monoisotopic (exact) mass is 1590 g/mol. The minimum atomic E-state index is 0. The Balaban J connectivity index is 0. The van der Waals surface area contributed by atoms with E-state index in [0.29, 0.717) is 0 Å². The van der Waals surface area contributed by atoms with Gasteiger partial charge in [0.15, 0.2) is 0 Å². The van der Waals surface area contributed by atoms with E-state index in [1.54, 1.807) is 0 Å². The second-order valence-electron chi connectivity index (χ2n) is 0. The van der Waals surface area contributed by atoms with E-state index in [1.165, 1.54) is 0 Å². The third kappa shape index (κ3) is 1400. The fourth-order valence-corrected chi connectivity index (χ4v) is 0. The minimum Gasteiger partial charge on any atom is -2.00 e. The van der Waals surface area contributed by atoms with Gasteiger partial charge in [0.05, 0.1) is 0 Å². The SMILES string of the molecule is [Mn+2].[Mo].[Mo].[Mo].[Mo].[Mo].[Mo].[Mo].[Mo].[Mo].[Na+].[Na+].[Na+].[Na+].[Na+].[Na+].[O-2].[O-2].[O-2].[O-2].[O-2].[O-2].[O-2].[O-2].[O-2].[O-2].[O-2].[O-2].[O-2].[O-2].[O-2].[O-2].[O-2].[O-2].[O-2].[O-2].[O-2].[O-2].[O-2].[O-2].[O-2].[O-2].[O-2].[O-2].[O-2].[O-2].[O-2].[O-2]. The van der Waals surface area contributed by atoms with Crippen molar-refractivity contribution < 1.29 is 559 Å². The summed E-state index contributed by atoms with van der Waals surface area (Å²) in [6.07, 6.45) is 0. The Bertz CT molecular complexity index is 64.0. The fraction of sp³-hybridized carbons (Fsp3) is 0. The van der Waals surface area contributed by atoms with Crippen molar-refractivity contribution in [1.82, 2.24) is 0 Å². The molecule has 1 radical (unpaired) electrons. The van der Waals surface area contributed by atoms with E-state index < -0.39 is 0 Å². The van der Waals surface area contributed by atoms with Crippen molar-refractivity contribution in [3.63, 3.8) is 0 Å². The zero-order chi connectivity index (χ0) is 0. The summed E-state index contributed by atoms with van der Waals surface area (Å²) in [5, 5.41) is 0. The zero-order valence-corrected chi connectivity index (χ0v) is 54.4. The summed E-state index contributed by atoms with van der Waals surface area (Å²) in [4.78, 5) is 0. The summed E-state index contributed by atoms with van der Waals surface area (Å²) < 4.78 is 0. The Morgan fingerprint density at radius 3 is 0.0833 bits per heavy atom. The molecule has 0 saturated carbocycles. The van der Waals surface area contributed by atoms with Gasteiger partial charge in [-0.3, -0.25) is 0 Å². The summed E-state index contributed by atoms with van der Waals surface area (Å²) in [6.45, 7) is 0. The molecular formula is MnMo9Na6O32-56. The molecule has 32 nitrogen and oxygen atoms in total. The van der Waals surface area contributed by atoms with E-state index in [-0.39, 0.29) is 559 Å². The number of rotatable bonds is 0. The average Bonchev–Trinajstić information content (AvgIpc) is 0. The molecule has 0 spiro atoms. The van der Waals surface area contributed by atoms with E-state index in [9.17, 15) is 0 Å². The van der Waals surface area contributed by atoms with Gasteiger partial charge in [0.25, 0.3) is 0 Å². The molecule has 0 aromatic rings. The molecule has 0 aromatic carbocycles. The van der Waals surface area contributed by atoms with Crippen molar-refractivity contribution >= 4 is 0 Å². The molecule has 0 aromatic heterocycles. The van der Waals surface area contributed by atoms with Crippen LogP contribution in [0.2, 0.25) is 0 Å². The Kier molecular flexibility index (Phi) is 47700. The summed E-state index contributed by atoms with van der Waals surface area (Å²) >= 11 is 0. The first-order valence-electron chi connectivity index (χ1n) is 0. The van der Waals surface area contributed by atoms with Gasteiger partial charge in [0.2, 0.25) is 0 Å². The molecule has 0 bridgehead atoms. The van der Waals surface area contributed by atoms with Crippen molar-refractivity contribution in [2.75, 3.05) is 0 Å². The van der Waals surface area contributed by atoms with Gasteiger partial charge in [-0.2, -0.15) is 0 Å². The van der Waals surface area contributed by atoms with Gasteiger partial charge in [-0.25, -0.2) is 0 Å². The standard InChI is InChI=1S/Mn.9Mo.6Na.32O/q+2;;;;;;;;;;6*+1;32*-2. The molecule has 0 unspecified atom stereocenters. The van der Waals surface area contributed by atoms with Crippen LogP contribution in [0, 0.1) is 0 Å². The van der Waals surface area contributed by atoms with Crippen LogP contribution in [0.3, 0.4) is 0 Å². The van der Waals surface area contributed by atoms with E-state index in [4.69, 9.17) is 0 Å². The number of hydrogen-bond donors (Lipinski definition) is 0. The van der Waals surface area contributed by atoms with Gasteiger partial charge < -0.3 is 175 Å². The van der Waals surface area contributed by atoms with Gasteiger partial charge >= 0.3 is 194 Å². The molecule has 0 aliphatic carbocycles. The molecule has 315 valence electrons. The molecule has 0 aliphatic rings. The third-order valence-corrected chi connectivity index (χ3v) is 0. The van der Waals surface area contributed by atoms with Crippen molar-refractivity contribution in [3.8, 4) is 0 Å². The predicted octanol–water partition coefficient (Wildman–Crippen LogP) is -21.8. The maximum atomic E-state index is 0. The molecule has 0 amide bonds. The molecule has 0 fully saturated rings. The first-order chi connectivity index (χ1) is 0. The van der Waals surface area contributed by atoms with Crippen LogP contribution >= 0.6 is 0 Å². The Morgan fingerprint density at radius 1 is 0.0833 bits per heavy atom. The minimum absolute atomic E-state index is 0. The molecule has 0 N–H and O–H groups in total. The van der Waals surface area contributed by atoms with Crippen LogP contribution in [0.5, 0.6) is 0 Å². The first-order valence-corrected chi connectivity index (χ1v) is 0. The largest absolute Gasteiger partial charge is 2.00 e. The van der Waals surface area contributed by atoms with Crippen LogP contribution in [0.15, 0.2) is 0 Å². The topological polar surface area (TPSA) is 912 Å². The molecule has 48 heteroatoms. The quantitative estimate of drug-likeness (QED) is 0.204. The van der Waals surface area contributed by atoms with Crippen molar-refractivity contribution in [1.29, 1.82) is 0 Å². The zero-order valence-electron chi connectivity index (χ0n) is 23.1. The van der Waals surface area contributed by atoms with Crippen LogP contribution in [-0.2, 0) is 382 Å². The smallest absolute Gasteiger partial charge is 2.00 e. The summed E-state index contributed by atoms with van der Waals surface area (Å²) in [7, 11) is 0. The van der Waals surface area contributed by atoms with Gasteiger partial charge in [0, 0.05) is 190 Å². The normalized spacial score (nSPS) is 0. The first kappa shape index (κ1) is 1550. The van der Waals surface area contributed by atoms with Crippen LogP contribution in [0.4, 0.5) is 0 Å². The summed E-state index contributed by atoms with van der Waals surface area (Å²) in [6, 6.07) is 0. The van der Waals surface area contributed by atoms with Gasteiger partial charge in [-0.05, 0) is 0 Å². The maximum Gasteiger partial charge on any atom is 2.00 e. The van der Waals surface area contributed by atoms with Crippen LogP contribution in [-0.4, -0.2) is 0 Å². The molecule has 0 atom stereocenters. The van der Waals surface area contributed by atoms with E-state index in [1.807, 2.05) is 0 Å². The van der Waals surface area contributed by atoms with Gasteiger partial charge in [-0.1, -0.05) is 0 Å². The molecule has 0 rings (SSSR count). The average molecular weight is 1570 g/mol. The van der Waals surface area contributed by atoms with E-state index in [0.717, 1.165) is 0 Å². The second-order valence-corrected chi connectivity index (χ2v) is 0. The summed E-state index contributed by atoms with van der Waals surface area (Å²) in [5.41, 5.74) is 0. The number of hydrogen-bond acceptors (Lipinski definition) is 0.